The van der Waals surface area contributed by atoms with Gasteiger partial charge in [-0.15, -0.1) is 0 Å². The maximum absolute atomic E-state index is 15.2. The van der Waals surface area contributed by atoms with Gasteiger partial charge in [-0.25, -0.2) is 18.7 Å². The van der Waals surface area contributed by atoms with Crippen LogP contribution in [0.5, 0.6) is 0 Å². The minimum Gasteiger partial charge on any atom is -0.382 e. The second-order valence-corrected chi connectivity index (χ2v) is 8.63. The zero-order chi connectivity index (χ0) is 28.2. The minimum atomic E-state index is -5.18. The first-order valence-corrected chi connectivity index (χ1v) is 10.9. The number of aliphatic hydroxyl groups is 4. The number of anilines is 2. The molecule has 0 aliphatic heterocycles. The predicted molar refractivity (Wildman–Crippen MR) is 122 cm³/mol. The minimum absolute atomic E-state index is 0.00238. The van der Waals surface area contributed by atoms with Crippen LogP contribution >= 0.6 is 11.6 Å². The number of rotatable bonds is 5. The Morgan fingerprint density at radius 1 is 1.18 bits per heavy atom. The summed E-state index contributed by atoms with van der Waals surface area (Å²) in [6, 6.07) is 1.62. The summed E-state index contributed by atoms with van der Waals surface area (Å²) in [6.07, 6.45) is -2.90. The van der Waals surface area contributed by atoms with Crippen molar-refractivity contribution in [3.63, 3.8) is 0 Å². The first-order valence-electron chi connectivity index (χ1n) is 10.6. The van der Waals surface area contributed by atoms with Crippen molar-refractivity contribution < 1.29 is 47.2 Å². The quantitative estimate of drug-likeness (QED) is 0.204. The van der Waals surface area contributed by atoms with Crippen LogP contribution in [0.2, 0.25) is 0 Å². The Balaban J connectivity index is 1.80. The molecule has 1 atom stereocenters. The molecule has 38 heavy (non-hydrogen) atoms. The van der Waals surface area contributed by atoms with E-state index in [1.54, 1.807) is 0 Å². The number of allylic oxidation sites excluding steroid dienone is 2. The van der Waals surface area contributed by atoms with Gasteiger partial charge in [0.05, 0.1) is 11.9 Å². The van der Waals surface area contributed by atoms with Gasteiger partial charge in [-0.2, -0.15) is 13.2 Å². The molecule has 1 aliphatic carbocycles. The summed E-state index contributed by atoms with van der Waals surface area (Å²) in [5.41, 5.74) is 0.900. The molecule has 0 spiro atoms. The van der Waals surface area contributed by atoms with E-state index in [0.29, 0.717) is 17.9 Å². The monoisotopic (exact) mass is 561 g/mol. The molecule has 0 bridgehead atoms. The predicted octanol–water partition coefficient (Wildman–Crippen LogP) is 2.51. The number of aliphatic hydroxyl groups excluding tert-OH is 1. The zero-order valence-electron chi connectivity index (χ0n) is 18.8. The molecule has 16 heteroatoms. The summed E-state index contributed by atoms with van der Waals surface area (Å²) < 4.78 is 70.9. The van der Waals surface area contributed by atoms with E-state index < -0.39 is 75.6 Å². The molecule has 7 N–H and O–H groups in total. The van der Waals surface area contributed by atoms with Gasteiger partial charge in [-0.1, -0.05) is 17.7 Å². The number of aromatic nitrogens is 3. The number of benzene rings is 1. The summed E-state index contributed by atoms with van der Waals surface area (Å²) in [7, 11) is 0. The largest absolute Gasteiger partial charge is 0.433 e. The molecular weight excluding hydrogens is 545 g/mol. The summed E-state index contributed by atoms with van der Waals surface area (Å²) >= 11 is 5.90. The Kier molecular flexibility index (Phi) is 6.92. The smallest absolute Gasteiger partial charge is 0.382 e. The fourth-order valence-corrected chi connectivity index (χ4v) is 4.05. The van der Waals surface area contributed by atoms with Gasteiger partial charge < -0.3 is 31.5 Å². The van der Waals surface area contributed by atoms with Crippen molar-refractivity contribution in [2.45, 2.75) is 31.1 Å². The molecule has 2 heterocycles. The van der Waals surface area contributed by atoms with Crippen molar-refractivity contribution in [1.82, 2.24) is 14.4 Å². The molecule has 3 aromatic rings. The maximum atomic E-state index is 15.2. The van der Waals surface area contributed by atoms with Crippen LogP contribution < -0.4 is 11.1 Å². The lowest BCUT2D eigenvalue weighted by Gasteiger charge is -2.17. The number of nitrogens with one attached hydrogen (secondary N) is 1. The molecule has 1 unspecified atom stereocenters. The topological polar surface area (TPSA) is 166 Å². The van der Waals surface area contributed by atoms with Crippen molar-refractivity contribution in [3.8, 4) is 11.3 Å². The normalized spacial score (nSPS) is 15.3. The van der Waals surface area contributed by atoms with Gasteiger partial charge in [0.15, 0.2) is 17.7 Å². The van der Waals surface area contributed by atoms with Crippen LogP contribution in [0, 0.1) is 11.6 Å². The van der Waals surface area contributed by atoms with E-state index in [-0.39, 0.29) is 16.2 Å². The lowest BCUT2D eigenvalue weighted by atomic mass is 10.0. The maximum Gasteiger partial charge on any atom is 0.433 e. The van der Waals surface area contributed by atoms with Gasteiger partial charge in [-0.3, -0.25) is 9.20 Å². The standard InChI is InChI=1S/C22H17ClF5N5O5/c23-9-3-1-2-8(6-9)17(34)19(35)31-11-5-4-10(13(24)14(11)25)15-16-18(29)30-7-12(21(26,27)28)33(16)20(32-15)22(36,37)38/h2,4-7,17,34,36-38H,1,3H2,(H2,29,30)(H,31,35). The van der Waals surface area contributed by atoms with Gasteiger partial charge in [-0.05, 0) is 36.6 Å². The van der Waals surface area contributed by atoms with Gasteiger partial charge in [0.2, 0.25) is 5.82 Å². The highest BCUT2D eigenvalue weighted by atomic mass is 35.5. The van der Waals surface area contributed by atoms with E-state index in [0.717, 1.165) is 12.1 Å². The number of imidazole rings is 1. The van der Waals surface area contributed by atoms with Gasteiger partial charge >= 0.3 is 12.1 Å². The van der Waals surface area contributed by atoms with Gasteiger partial charge in [0, 0.05) is 10.6 Å². The number of nitrogen functional groups attached to an aromatic ring is 1. The molecule has 2 aromatic heterocycles. The fraction of sp³-hybridized carbons (Fsp3) is 0.227. The second-order valence-electron chi connectivity index (χ2n) is 8.14. The second kappa shape index (κ2) is 9.59. The highest BCUT2D eigenvalue weighted by Gasteiger charge is 2.40. The van der Waals surface area contributed by atoms with Crippen LogP contribution in [-0.4, -0.2) is 46.8 Å². The number of fused-ring (bicyclic) bond motifs is 1. The number of carbonyl (C=O) groups excluding carboxylic acids is 1. The first-order chi connectivity index (χ1) is 17.6. The molecule has 0 saturated heterocycles. The lowest BCUT2D eigenvalue weighted by molar-refractivity contribution is -0.329. The van der Waals surface area contributed by atoms with Crippen molar-refractivity contribution in [3.05, 3.63) is 64.2 Å². The number of carbonyl (C=O) groups is 1. The first kappa shape index (κ1) is 27.4. The Morgan fingerprint density at radius 3 is 2.47 bits per heavy atom. The van der Waals surface area contributed by atoms with Crippen LogP contribution in [0.4, 0.5) is 33.5 Å². The highest BCUT2D eigenvalue weighted by Crippen LogP contribution is 2.39. The number of nitrogens with two attached hydrogens (primary N) is 1. The average molecular weight is 562 g/mol. The van der Waals surface area contributed by atoms with Crippen molar-refractivity contribution >= 4 is 34.5 Å². The summed E-state index contributed by atoms with van der Waals surface area (Å²) in [4.78, 5) is 19.3. The highest BCUT2D eigenvalue weighted by molar-refractivity contribution is 6.29. The van der Waals surface area contributed by atoms with E-state index in [9.17, 15) is 42.8 Å². The zero-order valence-corrected chi connectivity index (χ0v) is 19.5. The van der Waals surface area contributed by atoms with E-state index in [2.05, 4.69) is 9.97 Å². The molecule has 202 valence electrons. The Hall–Kier alpha value is -3.63. The number of hydrogen-bond acceptors (Lipinski definition) is 8. The Bertz CT molecular complexity index is 1510. The third-order valence-corrected chi connectivity index (χ3v) is 5.82. The molecule has 4 rings (SSSR count). The van der Waals surface area contributed by atoms with Crippen molar-refractivity contribution in [1.29, 1.82) is 0 Å². The number of halogens is 6. The van der Waals surface area contributed by atoms with Crippen LogP contribution in [0.3, 0.4) is 0 Å². The SMILES string of the molecule is Nc1ncc(C(F)(F)F)n2c(C(O)(O)O)nc(-c3ccc(NC(=O)C(O)C4=CCCC(Cl)=C4)c(F)c3F)c12. The number of hydrogen-bond donors (Lipinski definition) is 6. The van der Waals surface area contributed by atoms with Crippen LogP contribution in [0.15, 0.2) is 41.1 Å². The van der Waals surface area contributed by atoms with Crippen LogP contribution in [-0.2, 0) is 16.9 Å². The van der Waals surface area contributed by atoms with Gasteiger partial charge in [0.25, 0.3) is 5.91 Å². The number of amides is 1. The Morgan fingerprint density at radius 2 is 1.87 bits per heavy atom. The molecule has 1 amide bonds. The molecule has 10 nitrogen and oxygen atoms in total. The molecule has 0 fully saturated rings. The van der Waals surface area contributed by atoms with Gasteiger partial charge in [0.1, 0.15) is 22.7 Å². The Labute approximate surface area is 214 Å². The lowest BCUT2D eigenvalue weighted by Crippen LogP contribution is -2.30. The molecule has 0 saturated carbocycles. The molecule has 1 aliphatic rings. The van der Waals surface area contributed by atoms with Crippen LogP contribution in [0.1, 0.15) is 24.4 Å². The number of alkyl halides is 3. The average Bonchev–Trinajstić information content (AvgIpc) is 3.22. The van der Waals surface area contributed by atoms with E-state index in [1.807, 2.05) is 5.32 Å². The summed E-state index contributed by atoms with van der Waals surface area (Å²) in [5, 5.41) is 41.5. The van der Waals surface area contributed by atoms with Crippen molar-refractivity contribution in [2.24, 2.45) is 0 Å². The summed E-state index contributed by atoms with van der Waals surface area (Å²) in [5.74, 6) is -10.7. The van der Waals surface area contributed by atoms with E-state index in [4.69, 9.17) is 17.3 Å². The third kappa shape index (κ3) is 4.93. The van der Waals surface area contributed by atoms with Crippen molar-refractivity contribution in [2.75, 3.05) is 11.1 Å². The molecule has 1 aromatic carbocycles. The third-order valence-electron chi connectivity index (χ3n) is 5.52. The fourth-order valence-electron chi connectivity index (χ4n) is 3.81. The van der Waals surface area contributed by atoms with E-state index in [1.165, 1.54) is 12.2 Å². The molecular formula is C22H17ClF5N5O5. The summed E-state index contributed by atoms with van der Waals surface area (Å²) in [6.45, 7) is 0. The van der Waals surface area contributed by atoms with Crippen LogP contribution in [0.25, 0.3) is 16.8 Å². The molecule has 0 radical (unpaired) electrons. The van der Waals surface area contributed by atoms with E-state index >= 15 is 4.39 Å². The number of nitrogens with zero attached hydrogens (tertiary/aromatic N) is 3.